The number of nitrogens with two attached hydrogens (primary N) is 1. The van der Waals surface area contributed by atoms with Gasteiger partial charge in [-0.1, -0.05) is 6.07 Å². The fourth-order valence-electron chi connectivity index (χ4n) is 2.24. The Balaban J connectivity index is 1.99. The van der Waals surface area contributed by atoms with E-state index < -0.39 is 35.6 Å². The number of carbonyl (C=O) groups excluding carboxylic acids is 4. The lowest BCUT2D eigenvalue weighted by molar-refractivity contribution is -0.123. The molecule has 10 heteroatoms. The number of nitrogens with one attached hydrogen (secondary N) is 2. The lowest BCUT2D eigenvalue weighted by Gasteiger charge is -2.19. The highest BCUT2D eigenvalue weighted by Crippen LogP contribution is 2.23. The van der Waals surface area contributed by atoms with E-state index in [1.807, 2.05) is 0 Å². The fraction of sp³-hybridized carbons (Fsp3) is 0.300. The highest BCUT2D eigenvalue weighted by Gasteiger charge is 2.22. The molecule has 0 aliphatic carbocycles. The van der Waals surface area contributed by atoms with Gasteiger partial charge in [-0.15, -0.1) is 11.3 Å². The SMILES string of the molecule is C[C@H](OC(=O)c1cccc(NC(=O)OC(C)(C)C)c1)C(=O)Nc1sccc1C(N)=O. The molecular weight excluding hydrogens is 410 g/mol. The number of amides is 3. The van der Waals surface area contributed by atoms with Crippen LogP contribution in [0.5, 0.6) is 0 Å². The first-order chi connectivity index (χ1) is 14.0. The Labute approximate surface area is 177 Å². The zero-order chi connectivity index (χ0) is 22.5. The lowest BCUT2D eigenvalue weighted by Crippen LogP contribution is -2.30. The van der Waals surface area contributed by atoms with Gasteiger partial charge >= 0.3 is 12.1 Å². The number of primary amides is 1. The first-order valence-corrected chi connectivity index (χ1v) is 9.83. The maximum Gasteiger partial charge on any atom is 0.412 e. The van der Waals surface area contributed by atoms with E-state index in [2.05, 4.69) is 10.6 Å². The smallest absolute Gasteiger partial charge is 0.412 e. The molecule has 160 valence electrons. The summed E-state index contributed by atoms with van der Waals surface area (Å²) in [6, 6.07) is 7.51. The van der Waals surface area contributed by atoms with E-state index in [0.717, 1.165) is 11.3 Å². The molecule has 0 bridgehead atoms. The molecule has 2 aromatic rings. The van der Waals surface area contributed by atoms with Crippen molar-refractivity contribution in [1.82, 2.24) is 0 Å². The van der Waals surface area contributed by atoms with Gasteiger partial charge in [-0.25, -0.2) is 9.59 Å². The molecule has 0 saturated carbocycles. The second kappa shape index (κ2) is 9.40. The topological polar surface area (TPSA) is 137 Å². The van der Waals surface area contributed by atoms with Crippen LogP contribution in [0.15, 0.2) is 35.7 Å². The summed E-state index contributed by atoms with van der Waals surface area (Å²) in [5.41, 5.74) is 5.22. The number of hydrogen-bond donors (Lipinski definition) is 3. The van der Waals surface area contributed by atoms with Crippen LogP contribution < -0.4 is 16.4 Å². The molecule has 0 unspecified atom stereocenters. The number of ether oxygens (including phenoxy) is 2. The lowest BCUT2D eigenvalue weighted by atomic mass is 10.2. The predicted molar refractivity (Wildman–Crippen MR) is 113 cm³/mol. The third-order valence-electron chi connectivity index (χ3n) is 3.56. The molecule has 3 amide bonds. The number of hydrogen-bond acceptors (Lipinski definition) is 7. The van der Waals surface area contributed by atoms with Gasteiger partial charge in [-0.3, -0.25) is 14.9 Å². The van der Waals surface area contributed by atoms with Crippen LogP contribution in [0.1, 0.15) is 48.4 Å². The van der Waals surface area contributed by atoms with Crippen LogP contribution in [0.25, 0.3) is 0 Å². The van der Waals surface area contributed by atoms with Crippen molar-refractivity contribution < 1.29 is 28.7 Å². The summed E-state index contributed by atoms with van der Waals surface area (Å²) in [7, 11) is 0. The number of thiophene rings is 1. The minimum atomic E-state index is -1.14. The van der Waals surface area contributed by atoms with Crippen LogP contribution in [0, 0.1) is 0 Å². The van der Waals surface area contributed by atoms with E-state index in [0.29, 0.717) is 5.69 Å². The van der Waals surface area contributed by atoms with Gasteiger partial charge < -0.3 is 20.5 Å². The van der Waals surface area contributed by atoms with Gasteiger partial charge in [0.1, 0.15) is 10.6 Å². The van der Waals surface area contributed by atoms with Crippen LogP contribution >= 0.6 is 11.3 Å². The Hall–Kier alpha value is -3.40. The van der Waals surface area contributed by atoms with Gasteiger partial charge in [-0.05, 0) is 57.3 Å². The standard InChI is InChI=1S/C20H23N3O6S/c1-11(16(25)23-17-14(15(21)24)8-9-30-17)28-18(26)12-6-5-7-13(10-12)22-19(27)29-20(2,3)4/h5-11H,1-4H3,(H2,21,24)(H,22,27)(H,23,25)/t11-/m0/s1. The zero-order valence-electron chi connectivity index (χ0n) is 17.0. The Morgan fingerprint density at radius 1 is 1.10 bits per heavy atom. The minimum absolute atomic E-state index is 0.136. The minimum Gasteiger partial charge on any atom is -0.449 e. The molecule has 1 aromatic heterocycles. The highest BCUT2D eigenvalue weighted by atomic mass is 32.1. The summed E-state index contributed by atoms with van der Waals surface area (Å²) in [4.78, 5) is 47.9. The van der Waals surface area contributed by atoms with Crippen LogP contribution in [0.2, 0.25) is 0 Å². The summed E-state index contributed by atoms with van der Waals surface area (Å²) in [5, 5.41) is 6.92. The summed E-state index contributed by atoms with van der Waals surface area (Å²) < 4.78 is 10.3. The van der Waals surface area contributed by atoms with Gasteiger partial charge in [0.2, 0.25) is 0 Å². The molecular formula is C20H23N3O6S. The van der Waals surface area contributed by atoms with Crippen molar-refractivity contribution in [2.75, 3.05) is 10.6 Å². The van der Waals surface area contributed by atoms with E-state index in [1.165, 1.54) is 25.1 Å². The highest BCUT2D eigenvalue weighted by molar-refractivity contribution is 7.14. The number of rotatable bonds is 6. The fourth-order valence-corrected chi connectivity index (χ4v) is 3.04. The number of carbonyl (C=O) groups is 4. The van der Waals surface area contributed by atoms with E-state index in [4.69, 9.17) is 15.2 Å². The quantitative estimate of drug-likeness (QED) is 0.597. The van der Waals surface area contributed by atoms with E-state index in [1.54, 1.807) is 38.3 Å². The second-order valence-corrected chi connectivity index (χ2v) is 8.19. The Morgan fingerprint density at radius 2 is 1.80 bits per heavy atom. The third kappa shape index (κ3) is 6.59. The molecule has 1 aromatic carbocycles. The molecule has 1 atom stereocenters. The van der Waals surface area contributed by atoms with Crippen molar-refractivity contribution in [3.63, 3.8) is 0 Å². The van der Waals surface area contributed by atoms with Crippen molar-refractivity contribution in [2.24, 2.45) is 5.73 Å². The Kier molecular flexibility index (Phi) is 7.17. The van der Waals surface area contributed by atoms with Crippen LogP contribution in [-0.4, -0.2) is 35.6 Å². The first kappa shape index (κ1) is 22.9. The van der Waals surface area contributed by atoms with Crippen molar-refractivity contribution >= 4 is 45.9 Å². The van der Waals surface area contributed by atoms with Crippen molar-refractivity contribution in [3.8, 4) is 0 Å². The summed E-state index contributed by atoms with van der Waals surface area (Å²) in [5.74, 6) is -2.05. The van der Waals surface area contributed by atoms with Crippen LogP contribution in [-0.2, 0) is 14.3 Å². The van der Waals surface area contributed by atoms with Crippen molar-refractivity contribution in [1.29, 1.82) is 0 Å². The van der Waals surface area contributed by atoms with Gasteiger partial charge in [0, 0.05) is 5.69 Å². The Bertz CT molecular complexity index is 963. The molecule has 0 aliphatic rings. The van der Waals surface area contributed by atoms with Gasteiger partial charge in [0.05, 0.1) is 11.1 Å². The zero-order valence-corrected chi connectivity index (χ0v) is 17.8. The van der Waals surface area contributed by atoms with Gasteiger partial charge in [-0.2, -0.15) is 0 Å². The second-order valence-electron chi connectivity index (χ2n) is 7.27. The monoisotopic (exact) mass is 433 g/mol. The van der Waals surface area contributed by atoms with Crippen molar-refractivity contribution in [3.05, 3.63) is 46.8 Å². The van der Waals surface area contributed by atoms with Crippen LogP contribution in [0.3, 0.4) is 0 Å². The molecule has 0 fully saturated rings. The Morgan fingerprint density at radius 3 is 2.43 bits per heavy atom. The molecule has 0 saturated heterocycles. The molecule has 9 nitrogen and oxygen atoms in total. The van der Waals surface area contributed by atoms with E-state index in [-0.39, 0.29) is 16.1 Å². The van der Waals surface area contributed by atoms with Gasteiger partial charge in [0.25, 0.3) is 11.8 Å². The van der Waals surface area contributed by atoms with E-state index >= 15 is 0 Å². The maximum atomic E-state index is 12.4. The number of benzene rings is 1. The first-order valence-electron chi connectivity index (χ1n) is 8.95. The number of esters is 1. The molecule has 2 rings (SSSR count). The average molecular weight is 433 g/mol. The average Bonchev–Trinajstić information content (AvgIpc) is 3.08. The molecule has 0 aliphatic heterocycles. The maximum absolute atomic E-state index is 12.4. The normalized spacial score (nSPS) is 11.9. The van der Waals surface area contributed by atoms with Crippen LogP contribution in [0.4, 0.5) is 15.5 Å². The summed E-state index contributed by atoms with van der Waals surface area (Å²) in [6.07, 6.45) is -1.80. The van der Waals surface area contributed by atoms with Crippen molar-refractivity contribution in [2.45, 2.75) is 39.4 Å². The molecule has 1 heterocycles. The predicted octanol–water partition coefficient (Wildman–Crippen LogP) is 3.38. The van der Waals surface area contributed by atoms with E-state index in [9.17, 15) is 19.2 Å². The largest absolute Gasteiger partial charge is 0.449 e. The molecule has 4 N–H and O–H groups in total. The number of anilines is 2. The summed E-state index contributed by atoms with van der Waals surface area (Å²) in [6.45, 7) is 6.59. The van der Waals surface area contributed by atoms with Gasteiger partial charge in [0.15, 0.2) is 6.10 Å². The molecule has 0 radical (unpaired) electrons. The molecule has 0 spiro atoms. The third-order valence-corrected chi connectivity index (χ3v) is 4.39. The summed E-state index contributed by atoms with van der Waals surface area (Å²) >= 11 is 1.12. The molecule has 30 heavy (non-hydrogen) atoms.